The van der Waals surface area contributed by atoms with Gasteiger partial charge in [-0.1, -0.05) is 6.92 Å². The number of anilines is 2. The van der Waals surface area contributed by atoms with Crippen molar-refractivity contribution in [2.24, 2.45) is 0 Å². The van der Waals surface area contributed by atoms with Crippen LogP contribution >= 0.6 is 0 Å². The zero-order valence-corrected chi connectivity index (χ0v) is 9.34. The topological polar surface area (TPSA) is 121 Å². The largest absolute Gasteiger partial charge is 0.382 e. The van der Waals surface area contributed by atoms with Crippen LogP contribution in [0, 0.1) is 0 Å². The third kappa shape index (κ3) is 2.12. The number of ketones is 1. The molecule has 0 saturated heterocycles. The maximum Gasteiger partial charge on any atom is 0.224 e. The van der Waals surface area contributed by atoms with E-state index < -0.39 is 0 Å². The third-order valence-electron chi connectivity index (χ3n) is 2.21. The van der Waals surface area contributed by atoms with Gasteiger partial charge in [-0.15, -0.1) is 0 Å². The number of nitrogens with two attached hydrogens (primary N) is 2. The summed E-state index contributed by atoms with van der Waals surface area (Å²) in [6, 6.07) is 0. The van der Waals surface area contributed by atoms with Gasteiger partial charge in [-0.2, -0.15) is 9.97 Å². The molecule has 2 aromatic heterocycles. The van der Waals surface area contributed by atoms with Crippen LogP contribution in [0.25, 0.3) is 11.2 Å². The van der Waals surface area contributed by atoms with Crippen LogP contribution in [-0.2, 0) is 0 Å². The van der Waals surface area contributed by atoms with E-state index in [1.54, 1.807) is 0 Å². The minimum absolute atomic E-state index is 0.0180. The summed E-state index contributed by atoms with van der Waals surface area (Å²) < 4.78 is 0. The molecule has 0 aliphatic heterocycles. The Morgan fingerprint density at radius 1 is 1.29 bits per heavy atom. The number of carbonyl (C=O) groups is 1. The lowest BCUT2D eigenvalue weighted by molar-refractivity contribution is 0.0977. The Morgan fingerprint density at radius 3 is 2.76 bits per heavy atom. The molecule has 0 radical (unpaired) electrons. The average Bonchev–Trinajstić information content (AvgIpc) is 2.28. The van der Waals surface area contributed by atoms with E-state index in [4.69, 9.17) is 11.5 Å². The quantitative estimate of drug-likeness (QED) is 0.742. The van der Waals surface area contributed by atoms with Crippen LogP contribution in [0.3, 0.4) is 0 Å². The number of nitrogens with zero attached hydrogens (tertiary/aromatic N) is 4. The second-order valence-electron chi connectivity index (χ2n) is 3.57. The van der Waals surface area contributed by atoms with Crippen LogP contribution in [0.15, 0.2) is 6.20 Å². The first-order valence-electron chi connectivity index (χ1n) is 5.20. The molecular formula is C10H12N6O. The number of rotatable bonds is 3. The first-order valence-corrected chi connectivity index (χ1v) is 5.20. The first kappa shape index (κ1) is 11.2. The van der Waals surface area contributed by atoms with Gasteiger partial charge in [0.1, 0.15) is 11.2 Å². The van der Waals surface area contributed by atoms with Crippen molar-refractivity contribution in [1.29, 1.82) is 0 Å². The number of fused-ring (bicyclic) bond motifs is 1. The van der Waals surface area contributed by atoms with Crippen molar-refractivity contribution < 1.29 is 4.79 Å². The lowest BCUT2D eigenvalue weighted by atomic mass is 10.2. The SMILES string of the molecule is CCCC(=O)c1cnc2c(N)nc(N)nc2n1. The molecule has 0 unspecified atom stereocenters. The van der Waals surface area contributed by atoms with Gasteiger partial charge in [0.25, 0.3) is 0 Å². The van der Waals surface area contributed by atoms with Gasteiger partial charge in [0.15, 0.2) is 17.2 Å². The number of aromatic nitrogens is 4. The van der Waals surface area contributed by atoms with Gasteiger partial charge in [-0.25, -0.2) is 9.97 Å². The molecule has 0 fully saturated rings. The number of hydrogen-bond donors (Lipinski definition) is 2. The molecule has 2 rings (SSSR count). The number of nitrogen functional groups attached to an aromatic ring is 2. The fourth-order valence-electron chi connectivity index (χ4n) is 1.44. The highest BCUT2D eigenvalue weighted by molar-refractivity contribution is 5.95. The van der Waals surface area contributed by atoms with Crippen molar-refractivity contribution >= 4 is 28.7 Å². The maximum atomic E-state index is 11.6. The molecule has 0 bridgehead atoms. The van der Waals surface area contributed by atoms with Crippen molar-refractivity contribution in [2.45, 2.75) is 19.8 Å². The molecule has 7 heteroatoms. The zero-order valence-electron chi connectivity index (χ0n) is 9.34. The molecule has 0 spiro atoms. The standard InChI is InChI=1S/C10H12N6O/c1-2-3-6(17)5-4-13-7-8(11)15-10(12)16-9(7)14-5/h4H,2-3H2,1H3,(H4,11,12,14,15,16). The lowest BCUT2D eigenvalue weighted by Gasteiger charge is -2.02. The van der Waals surface area contributed by atoms with Crippen molar-refractivity contribution in [2.75, 3.05) is 11.5 Å². The Morgan fingerprint density at radius 2 is 2.06 bits per heavy atom. The van der Waals surface area contributed by atoms with Crippen LogP contribution in [0.5, 0.6) is 0 Å². The molecule has 0 amide bonds. The number of carbonyl (C=O) groups excluding carboxylic acids is 1. The Hall–Kier alpha value is -2.31. The summed E-state index contributed by atoms with van der Waals surface area (Å²) in [4.78, 5) is 27.4. The summed E-state index contributed by atoms with van der Waals surface area (Å²) >= 11 is 0. The minimum Gasteiger partial charge on any atom is -0.382 e. The second kappa shape index (κ2) is 4.28. The molecule has 0 saturated carbocycles. The highest BCUT2D eigenvalue weighted by Crippen LogP contribution is 2.14. The van der Waals surface area contributed by atoms with Crippen molar-refractivity contribution in [1.82, 2.24) is 19.9 Å². The molecule has 88 valence electrons. The van der Waals surface area contributed by atoms with Crippen LogP contribution in [0.1, 0.15) is 30.3 Å². The van der Waals surface area contributed by atoms with E-state index in [-0.39, 0.29) is 28.9 Å². The van der Waals surface area contributed by atoms with E-state index in [0.29, 0.717) is 11.9 Å². The van der Waals surface area contributed by atoms with E-state index in [9.17, 15) is 4.79 Å². The van der Waals surface area contributed by atoms with Gasteiger partial charge in [0.2, 0.25) is 5.95 Å². The third-order valence-corrected chi connectivity index (χ3v) is 2.21. The van der Waals surface area contributed by atoms with E-state index in [0.717, 1.165) is 6.42 Å². The molecule has 0 atom stereocenters. The van der Waals surface area contributed by atoms with E-state index >= 15 is 0 Å². The van der Waals surface area contributed by atoms with Gasteiger partial charge in [0.05, 0.1) is 6.20 Å². The van der Waals surface area contributed by atoms with Gasteiger partial charge in [-0.3, -0.25) is 4.79 Å². The first-order chi connectivity index (χ1) is 8.11. The van der Waals surface area contributed by atoms with Crippen LogP contribution in [-0.4, -0.2) is 25.7 Å². The Labute approximate surface area is 97.3 Å². The minimum atomic E-state index is -0.0716. The summed E-state index contributed by atoms with van der Waals surface area (Å²) in [6.07, 6.45) is 2.57. The predicted octanol–water partition coefficient (Wildman–Crippen LogP) is 0.567. The van der Waals surface area contributed by atoms with E-state index in [1.165, 1.54) is 6.20 Å². The van der Waals surface area contributed by atoms with Crippen LogP contribution in [0.2, 0.25) is 0 Å². The van der Waals surface area contributed by atoms with E-state index in [1.807, 2.05) is 6.92 Å². The number of Topliss-reactive ketones (excluding diaryl/α,β-unsaturated/α-hetero) is 1. The predicted molar refractivity (Wildman–Crippen MR) is 63.2 cm³/mol. The fourth-order valence-corrected chi connectivity index (χ4v) is 1.44. The average molecular weight is 232 g/mol. The van der Waals surface area contributed by atoms with Crippen molar-refractivity contribution in [3.63, 3.8) is 0 Å². The molecule has 17 heavy (non-hydrogen) atoms. The van der Waals surface area contributed by atoms with Crippen LogP contribution < -0.4 is 11.5 Å². The van der Waals surface area contributed by atoms with Gasteiger partial charge >= 0.3 is 0 Å². The molecule has 2 heterocycles. The highest BCUT2D eigenvalue weighted by Gasteiger charge is 2.11. The van der Waals surface area contributed by atoms with E-state index in [2.05, 4.69) is 19.9 Å². The normalized spacial score (nSPS) is 10.6. The molecule has 7 nitrogen and oxygen atoms in total. The zero-order chi connectivity index (χ0) is 12.4. The summed E-state index contributed by atoms with van der Waals surface area (Å²) in [6.45, 7) is 1.92. The number of hydrogen-bond acceptors (Lipinski definition) is 7. The molecule has 0 aliphatic carbocycles. The maximum absolute atomic E-state index is 11.6. The Balaban J connectivity index is 2.54. The Kier molecular flexibility index (Phi) is 2.82. The molecule has 0 aliphatic rings. The molecule has 0 aromatic carbocycles. The fraction of sp³-hybridized carbons (Fsp3) is 0.300. The Bertz CT molecular complexity index is 582. The van der Waals surface area contributed by atoms with Crippen LogP contribution in [0.4, 0.5) is 11.8 Å². The van der Waals surface area contributed by atoms with Crippen molar-refractivity contribution in [3.8, 4) is 0 Å². The summed E-state index contributed by atoms with van der Waals surface area (Å²) in [5, 5.41) is 0. The molecular weight excluding hydrogens is 220 g/mol. The lowest BCUT2D eigenvalue weighted by Crippen LogP contribution is -2.07. The highest BCUT2D eigenvalue weighted by atomic mass is 16.1. The summed E-state index contributed by atoms with van der Waals surface area (Å²) in [5.41, 5.74) is 12.0. The summed E-state index contributed by atoms with van der Waals surface area (Å²) in [5.74, 6) is 0.108. The monoisotopic (exact) mass is 232 g/mol. The molecule has 4 N–H and O–H groups in total. The summed E-state index contributed by atoms with van der Waals surface area (Å²) in [7, 11) is 0. The smallest absolute Gasteiger partial charge is 0.224 e. The van der Waals surface area contributed by atoms with Gasteiger partial charge < -0.3 is 11.5 Å². The van der Waals surface area contributed by atoms with Gasteiger partial charge in [0, 0.05) is 6.42 Å². The molecule has 2 aromatic rings. The van der Waals surface area contributed by atoms with Gasteiger partial charge in [-0.05, 0) is 6.42 Å². The second-order valence-corrected chi connectivity index (χ2v) is 3.57. The van der Waals surface area contributed by atoms with Crippen molar-refractivity contribution in [3.05, 3.63) is 11.9 Å².